The van der Waals surface area contributed by atoms with Crippen molar-refractivity contribution < 1.29 is 4.79 Å². The number of para-hydroxylation sites is 3. The van der Waals surface area contributed by atoms with Gasteiger partial charge in [0.25, 0.3) is 0 Å². The maximum Gasteiger partial charge on any atom is 0.247 e. The number of fused-ring (bicyclic) bond motifs is 2. The minimum atomic E-state index is 0.0764. The van der Waals surface area contributed by atoms with Crippen LogP contribution in [0.15, 0.2) is 72.9 Å². The molecule has 0 radical (unpaired) electrons. The quantitative estimate of drug-likeness (QED) is 0.548. The third-order valence-electron chi connectivity index (χ3n) is 5.25. The fourth-order valence-corrected chi connectivity index (χ4v) is 3.94. The average Bonchev–Trinajstić information content (AvgIpc) is 3.12. The third kappa shape index (κ3) is 2.85. The number of benzene rings is 2. The Balaban J connectivity index is 1.56. The van der Waals surface area contributed by atoms with E-state index in [-0.39, 0.29) is 12.5 Å². The van der Waals surface area contributed by atoms with Gasteiger partial charge in [-0.1, -0.05) is 36.4 Å². The standard InChI is InChI=1S/C23H20N4O/c28-22(26-15-7-9-17-8-1-3-12-20(17)26)16-27-21-13-4-2-10-18(21)25-23(27)19-11-5-6-14-24-19/h1-6,8,10-14H,7,9,15-16H2. The third-order valence-corrected chi connectivity index (χ3v) is 5.25. The molecule has 1 aliphatic rings. The molecule has 0 fully saturated rings. The summed E-state index contributed by atoms with van der Waals surface area (Å²) in [4.78, 5) is 24.4. The van der Waals surface area contributed by atoms with Crippen molar-refractivity contribution in [2.24, 2.45) is 0 Å². The van der Waals surface area contributed by atoms with E-state index in [1.807, 2.05) is 70.1 Å². The molecule has 0 saturated carbocycles. The van der Waals surface area contributed by atoms with Crippen LogP contribution in [0.2, 0.25) is 0 Å². The number of pyridine rings is 1. The maximum absolute atomic E-state index is 13.3. The zero-order valence-corrected chi connectivity index (χ0v) is 15.5. The van der Waals surface area contributed by atoms with Crippen LogP contribution < -0.4 is 4.90 Å². The Morgan fingerprint density at radius 2 is 1.79 bits per heavy atom. The van der Waals surface area contributed by atoms with E-state index in [0.29, 0.717) is 0 Å². The van der Waals surface area contributed by atoms with Gasteiger partial charge in [0, 0.05) is 18.4 Å². The number of aryl methyl sites for hydroxylation is 1. The Morgan fingerprint density at radius 3 is 2.68 bits per heavy atom. The van der Waals surface area contributed by atoms with E-state index in [2.05, 4.69) is 11.1 Å². The minimum absolute atomic E-state index is 0.0764. The van der Waals surface area contributed by atoms with Crippen LogP contribution in [0.5, 0.6) is 0 Å². The normalized spacial score (nSPS) is 13.5. The van der Waals surface area contributed by atoms with E-state index in [4.69, 9.17) is 4.98 Å². The monoisotopic (exact) mass is 368 g/mol. The van der Waals surface area contributed by atoms with Crippen LogP contribution in [0.3, 0.4) is 0 Å². The van der Waals surface area contributed by atoms with Gasteiger partial charge in [0.2, 0.25) is 5.91 Å². The van der Waals surface area contributed by atoms with Crippen LogP contribution >= 0.6 is 0 Å². The molecule has 5 rings (SSSR count). The predicted molar refractivity (Wildman–Crippen MR) is 110 cm³/mol. The molecule has 0 saturated heterocycles. The van der Waals surface area contributed by atoms with Gasteiger partial charge in [0.1, 0.15) is 12.2 Å². The van der Waals surface area contributed by atoms with Crippen LogP contribution in [-0.4, -0.2) is 27.0 Å². The van der Waals surface area contributed by atoms with E-state index >= 15 is 0 Å². The van der Waals surface area contributed by atoms with Crippen molar-refractivity contribution >= 4 is 22.6 Å². The first-order valence-electron chi connectivity index (χ1n) is 9.56. The first kappa shape index (κ1) is 16.7. The van der Waals surface area contributed by atoms with Crippen molar-refractivity contribution in [2.75, 3.05) is 11.4 Å². The summed E-state index contributed by atoms with van der Waals surface area (Å²) >= 11 is 0. The van der Waals surface area contributed by atoms with E-state index in [0.717, 1.165) is 47.6 Å². The summed E-state index contributed by atoms with van der Waals surface area (Å²) in [6, 6.07) is 21.9. The molecule has 4 aromatic rings. The van der Waals surface area contributed by atoms with Crippen molar-refractivity contribution in [3.63, 3.8) is 0 Å². The van der Waals surface area contributed by atoms with Crippen molar-refractivity contribution in [1.29, 1.82) is 0 Å². The second kappa shape index (κ2) is 6.93. The molecule has 1 aliphatic heterocycles. The van der Waals surface area contributed by atoms with E-state index < -0.39 is 0 Å². The van der Waals surface area contributed by atoms with Crippen molar-refractivity contribution in [3.05, 3.63) is 78.5 Å². The van der Waals surface area contributed by atoms with Gasteiger partial charge in [0.15, 0.2) is 5.82 Å². The SMILES string of the molecule is O=C(Cn1c(-c2ccccn2)nc2ccccc21)N1CCCc2ccccc21. The largest absolute Gasteiger partial charge is 0.313 e. The Hall–Kier alpha value is -3.47. The van der Waals surface area contributed by atoms with E-state index in [9.17, 15) is 4.79 Å². The van der Waals surface area contributed by atoms with E-state index in [1.165, 1.54) is 5.56 Å². The van der Waals surface area contributed by atoms with Crippen LogP contribution in [0.4, 0.5) is 5.69 Å². The number of rotatable bonds is 3. The molecule has 2 aromatic carbocycles. The van der Waals surface area contributed by atoms with Crippen LogP contribution in [0.25, 0.3) is 22.6 Å². The van der Waals surface area contributed by atoms with Crippen LogP contribution in [0.1, 0.15) is 12.0 Å². The molecule has 138 valence electrons. The zero-order chi connectivity index (χ0) is 18.9. The lowest BCUT2D eigenvalue weighted by Crippen LogP contribution is -2.37. The maximum atomic E-state index is 13.3. The average molecular weight is 368 g/mol. The first-order valence-corrected chi connectivity index (χ1v) is 9.56. The lowest BCUT2D eigenvalue weighted by Gasteiger charge is -2.29. The fourth-order valence-electron chi connectivity index (χ4n) is 3.94. The molecule has 3 heterocycles. The number of imidazole rings is 1. The molecule has 5 heteroatoms. The minimum Gasteiger partial charge on any atom is -0.313 e. The lowest BCUT2D eigenvalue weighted by atomic mass is 10.0. The molecule has 0 atom stereocenters. The summed E-state index contributed by atoms with van der Waals surface area (Å²) in [5.74, 6) is 0.799. The predicted octanol–water partition coefficient (Wildman–Crippen LogP) is 4.08. The van der Waals surface area contributed by atoms with Crippen molar-refractivity contribution in [2.45, 2.75) is 19.4 Å². The van der Waals surface area contributed by atoms with Gasteiger partial charge >= 0.3 is 0 Å². The van der Waals surface area contributed by atoms with Crippen molar-refractivity contribution in [1.82, 2.24) is 14.5 Å². The molecule has 5 nitrogen and oxygen atoms in total. The lowest BCUT2D eigenvalue weighted by molar-refractivity contribution is -0.119. The Bertz CT molecular complexity index is 1150. The number of carbonyl (C=O) groups excluding carboxylic acids is 1. The number of hydrogen-bond donors (Lipinski definition) is 0. The molecular weight excluding hydrogens is 348 g/mol. The smallest absolute Gasteiger partial charge is 0.247 e. The molecule has 0 aliphatic carbocycles. The molecule has 1 amide bonds. The van der Waals surface area contributed by atoms with Crippen LogP contribution in [0, 0.1) is 0 Å². The number of anilines is 1. The second-order valence-electron chi connectivity index (χ2n) is 7.00. The number of amides is 1. The van der Waals surface area contributed by atoms with Crippen molar-refractivity contribution in [3.8, 4) is 11.5 Å². The zero-order valence-electron chi connectivity index (χ0n) is 15.5. The summed E-state index contributed by atoms with van der Waals surface area (Å²) in [7, 11) is 0. The molecule has 2 aromatic heterocycles. The second-order valence-corrected chi connectivity index (χ2v) is 7.00. The summed E-state index contributed by atoms with van der Waals surface area (Å²) in [5, 5.41) is 0. The summed E-state index contributed by atoms with van der Waals surface area (Å²) in [6.07, 6.45) is 3.76. The highest BCUT2D eigenvalue weighted by molar-refractivity contribution is 5.95. The molecule has 0 unspecified atom stereocenters. The Labute approximate surface area is 163 Å². The topological polar surface area (TPSA) is 51.0 Å². The molecule has 28 heavy (non-hydrogen) atoms. The Morgan fingerprint density at radius 1 is 0.964 bits per heavy atom. The van der Waals surface area contributed by atoms with Gasteiger partial charge in [-0.25, -0.2) is 4.98 Å². The highest BCUT2D eigenvalue weighted by atomic mass is 16.2. The number of carbonyl (C=O) groups is 1. The number of nitrogens with zero attached hydrogens (tertiary/aromatic N) is 4. The van der Waals surface area contributed by atoms with Gasteiger partial charge in [-0.3, -0.25) is 9.78 Å². The van der Waals surface area contributed by atoms with Gasteiger partial charge < -0.3 is 9.47 Å². The molecule has 0 N–H and O–H groups in total. The van der Waals surface area contributed by atoms with E-state index in [1.54, 1.807) is 6.20 Å². The van der Waals surface area contributed by atoms with Gasteiger partial charge in [-0.2, -0.15) is 0 Å². The fraction of sp³-hybridized carbons (Fsp3) is 0.174. The van der Waals surface area contributed by atoms with Gasteiger partial charge in [0.05, 0.1) is 11.0 Å². The number of hydrogen-bond acceptors (Lipinski definition) is 3. The molecular formula is C23H20N4O. The number of aromatic nitrogens is 3. The molecule has 0 spiro atoms. The summed E-state index contributed by atoms with van der Waals surface area (Å²) in [6.45, 7) is 0.988. The first-order chi connectivity index (χ1) is 13.8. The highest BCUT2D eigenvalue weighted by Crippen LogP contribution is 2.28. The van der Waals surface area contributed by atoms with Crippen LogP contribution in [-0.2, 0) is 17.8 Å². The summed E-state index contributed by atoms with van der Waals surface area (Å²) in [5.41, 5.74) is 4.85. The highest BCUT2D eigenvalue weighted by Gasteiger charge is 2.24. The Kier molecular flexibility index (Phi) is 4.13. The van der Waals surface area contributed by atoms with Gasteiger partial charge in [-0.05, 0) is 48.7 Å². The molecule has 0 bridgehead atoms. The van der Waals surface area contributed by atoms with Gasteiger partial charge in [-0.15, -0.1) is 0 Å². The summed E-state index contributed by atoms with van der Waals surface area (Å²) < 4.78 is 1.98.